The Morgan fingerprint density at radius 1 is 1.22 bits per heavy atom. The Labute approximate surface area is 123 Å². The predicted octanol–water partition coefficient (Wildman–Crippen LogP) is 4.41. The van der Waals surface area contributed by atoms with Gasteiger partial charge in [-0.1, -0.05) is 22.0 Å². The third-order valence-corrected chi connectivity index (χ3v) is 3.97. The van der Waals surface area contributed by atoms with Gasteiger partial charge in [-0.05, 0) is 47.5 Å². The number of aromatic nitrogens is 2. The number of rotatable bonds is 3. The number of nitrogens with one attached hydrogen (secondary N) is 1. The van der Waals surface area contributed by atoms with Crippen LogP contribution in [0.4, 0.5) is 5.82 Å². The first-order chi connectivity index (χ1) is 8.61. The minimum Gasteiger partial charge on any atom is -0.369 e. The first-order valence-electron chi connectivity index (χ1n) is 5.64. The minimum atomic E-state index is 0.727. The Morgan fingerprint density at radius 2 is 2.00 bits per heavy atom. The second kappa shape index (κ2) is 5.80. The van der Waals surface area contributed by atoms with Gasteiger partial charge in [0.25, 0.3) is 0 Å². The highest BCUT2D eigenvalue weighted by atomic mass is 79.9. The Bertz CT molecular complexity index is 570. The molecule has 5 heteroatoms. The molecule has 0 spiro atoms. The molecule has 2 rings (SSSR count). The molecule has 0 aliphatic heterocycles. The maximum Gasteiger partial charge on any atom is 0.161 e. The van der Waals surface area contributed by atoms with E-state index in [1.165, 1.54) is 5.56 Å². The molecular weight excluding hydrogens is 358 g/mol. The van der Waals surface area contributed by atoms with E-state index in [0.29, 0.717) is 0 Å². The highest BCUT2D eigenvalue weighted by Gasteiger charge is 2.07. The molecular formula is C13H13Br2N3. The van der Waals surface area contributed by atoms with E-state index in [4.69, 9.17) is 0 Å². The van der Waals surface area contributed by atoms with Crippen LogP contribution in [0.1, 0.15) is 12.5 Å². The molecule has 0 unspecified atom stereocenters. The van der Waals surface area contributed by atoms with E-state index in [1.54, 1.807) is 6.20 Å². The quantitative estimate of drug-likeness (QED) is 0.869. The molecule has 3 nitrogen and oxygen atoms in total. The number of benzene rings is 1. The van der Waals surface area contributed by atoms with Crippen LogP contribution in [-0.2, 0) is 0 Å². The lowest BCUT2D eigenvalue weighted by atomic mass is 10.1. The molecule has 1 N–H and O–H groups in total. The average Bonchev–Trinajstić information content (AvgIpc) is 2.36. The second-order valence-corrected chi connectivity index (χ2v) is 5.59. The Hall–Kier alpha value is -0.940. The van der Waals surface area contributed by atoms with Crippen molar-refractivity contribution in [2.75, 3.05) is 11.9 Å². The smallest absolute Gasteiger partial charge is 0.161 e. The zero-order valence-electron chi connectivity index (χ0n) is 10.2. The lowest BCUT2D eigenvalue weighted by Crippen LogP contribution is -2.02. The van der Waals surface area contributed by atoms with E-state index < -0.39 is 0 Å². The third kappa shape index (κ3) is 2.90. The van der Waals surface area contributed by atoms with Crippen molar-refractivity contribution in [1.29, 1.82) is 0 Å². The minimum absolute atomic E-state index is 0.727. The van der Waals surface area contributed by atoms with Crippen LogP contribution in [0.15, 0.2) is 33.3 Å². The number of aryl methyl sites for hydroxylation is 1. The van der Waals surface area contributed by atoms with Crippen molar-refractivity contribution in [2.24, 2.45) is 0 Å². The number of anilines is 1. The van der Waals surface area contributed by atoms with Gasteiger partial charge in [0, 0.05) is 22.8 Å². The van der Waals surface area contributed by atoms with Gasteiger partial charge >= 0.3 is 0 Å². The molecule has 0 atom stereocenters. The van der Waals surface area contributed by atoms with Crippen molar-refractivity contribution in [1.82, 2.24) is 9.97 Å². The lowest BCUT2D eigenvalue weighted by molar-refractivity contribution is 1.10. The molecule has 94 valence electrons. The van der Waals surface area contributed by atoms with Crippen molar-refractivity contribution < 1.29 is 0 Å². The van der Waals surface area contributed by atoms with E-state index >= 15 is 0 Å². The fourth-order valence-corrected chi connectivity index (χ4v) is 2.16. The molecule has 0 amide bonds. The van der Waals surface area contributed by atoms with Gasteiger partial charge in [-0.25, -0.2) is 9.97 Å². The van der Waals surface area contributed by atoms with Crippen LogP contribution in [0.2, 0.25) is 0 Å². The number of halogens is 2. The standard InChI is InChI=1S/C13H13Br2N3/c1-3-16-13-11(15)7-17-12(18-13)9-4-5-10(14)8(2)6-9/h4-7H,3H2,1-2H3,(H,16,17,18). The summed E-state index contributed by atoms with van der Waals surface area (Å²) in [6.07, 6.45) is 1.78. The normalized spacial score (nSPS) is 10.4. The number of hydrogen-bond donors (Lipinski definition) is 1. The van der Waals surface area contributed by atoms with Gasteiger partial charge in [0.2, 0.25) is 0 Å². The number of hydrogen-bond acceptors (Lipinski definition) is 3. The zero-order valence-corrected chi connectivity index (χ0v) is 13.3. The summed E-state index contributed by atoms with van der Waals surface area (Å²) in [5.74, 6) is 1.55. The van der Waals surface area contributed by atoms with Gasteiger partial charge < -0.3 is 5.32 Å². The lowest BCUT2D eigenvalue weighted by Gasteiger charge is -2.08. The van der Waals surface area contributed by atoms with Crippen LogP contribution in [0.3, 0.4) is 0 Å². The van der Waals surface area contributed by atoms with Crippen LogP contribution in [0, 0.1) is 6.92 Å². The number of nitrogens with zero attached hydrogens (tertiary/aromatic N) is 2. The van der Waals surface area contributed by atoms with E-state index in [1.807, 2.05) is 19.1 Å². The molecule has 1 heterocycles. The maximum atomic E-state index is 4.52. The van der Waals surface area contributed by atoms with Crippen molar-refractivity contribution in [2.45, 2.75) is 13.8 Å². The monoisotopic (exact) mass is 369 g/mol. The molecule has 0 saturated heterocycles. The summed E-state index contributed by atoms with van der Waals surface area (Å²) in [4.78, 5) is 8.87. The van der Waals surface area contributed by atoms with Crippen molar-refractivity contribution in [3.8, 4) is 11.4 Å². The summed E-state index contributed by atoms with van der Waals surface area (Å²) >= 11 is 6.93. The topological polar surface area (TPSA) is 37.8 Å². The van der Waals surface area contributed by atoms with Gasteiger partial charge in [0.1, 0.15) is 5.82 Å². The SMILES string of the molecule is CCNc1nc(-c2ccc(Br)c(C)c2)ncc1Br. The summed E-state index contributed by atoms with van der Waals surface area (Å²) in [6.45, 7) is 4.92. The molecule has 1 aromatic heterocycles. The van der Waals surface area contributed by atoms with Crippen molar-refractivity contribution in [3.63, 3.8) is 0 Å². The molecule has 0 radical (unpaired) electrons. The van der Waals surface area contributed by atoms with Crippen molar-refractivity contribution in [3.05, 3.63) is 38.9 Å². The van der Waals surface area contributed by atoms with E-state index in [9.17, 15) is 0 Å². The molecule has 18 heavy (non-hydrogen) atoms. The first-order valence-corrected chi connectivity index (χ1v) is 7.23. The molecule has 0 aliphatic carbocycles. The second-order valence-electron chi connectivity index (χ2n) is 3.88. The zero-order chi connectivity index (χ0) is 13.1. The van der Waals surface area contributed by atoms with E-state index in [2.05, 4.69) is 60.1 Å². The van der Waals surface area contributed by atoms with Crippen LogP contribution in [-0.4, -0.2) is 16.5 Å². The summed E-state index contributed by atoms with van der Waals surface area (Å²) in [5, 5.41) is 3.20. The van der Waals surface area contributed by atoms with Crippen molar-refractivity contribution >= 4 is 37.7 Å². The summed E-state index contributed by atoms with van der Waals surface area (Å²) < 4.78 is 1.97. The average molecular weight is 371 g/mol. The van der Waals surface area contributed by atoms with Crippen LogP contribution < -0.4 is 5.32 Å². The molecule has 0 saturated carbocycles. The highest BCUT2D eigenvalue weighted by Crippen LogP contribution is 2.26. The Balaban J connectivity index is 2.44. The fourth-order valence-electron chi connectivity index (χ4n) is 1.58. The van der Waals surface area contributed by atoms with Crippen LogP contribution >= 0.6 is 31.9 Å². The third-order valence-electron chi connectivity index (χ3n) is 2.50. The molecule has 2 aromatic rings. The first kappa shape index (κ1) is 13.5. The predicted molar refractivity (Wildman–Crippen MR) is 81.8 cm³/mol. The van der Waals surface area contributed by atoms with E-state index in [0.717, 1.165) is 32.7 Å². The van der Waals surface area contributed by atoms with E-state index in [-0.39, 0.29) is 0 Å². The van der Waals surface area contributed by atoms with Crippen LogP contribution in [0.5, 0.6) is 0 Å². The van der Waals surface area contributed by atoms with Gasteiger partial charge in [-0.2, -0.15) is 0 Å². The summed E-state index contributed by atoms with van der Waals surface area (Å²) in [7, 11) is 0. The van der Waals surface area contributed by atoms with Crippen LogP contribution in [0.25, 0.3) is 11.4 Å². The maximum absolute atomic E-state index is 4.52. The molecule has 1 aromatic carbocycles. The van der Waals surface area contributed by atoms with Gasteiger partial charge in [0.15, 0.2) is 5.82 Å². The van der Waals surface area contributed by atoms with Gasteiger partial charge in [-0.3, -0.25) is 0 Å². The van der Waals surface area contributed by atoms with Gasteiger partial charge in [-0.15, -0.1) is 0 Å². The molecule has 0 aliphatic rings. The largest absolute Gasteiger partial charge is 0.369 e. The summed E-state index contributed by atoms with van der Waals surface area (Å²) in [5.41, 5.74) is 2.19. The summed E-state index contributed by atoms with van der Waals surface area (Å²) in [6, 6.07) is 6.10. The van der Waals surface area contributed by atoms with Gasteiger partial charge in [0.05, 0.1) is 4.47 Å². The Morgan fingerprint density at radius 3 is 2.67 bits per heavy atom. The molecule has 0 bridgehead atoms. The Kier molecular flexibility index (Phi) is 4.35. The molecule has 0 fully saturated rings. The fraction of sp³-hybridized carbons (Fsp3) is 0.231. The highest BCUT2D eigenvalue weighted by molar-refractivity contribution is 9.10.